The number of hydrogen-bond acceptors (Lipinski definition) is 6. The first-order valence-electron chi connectivity index (χ1n) is 27.9. The van der Waals surface area contributed by atoms with Gasteiger partial charge in [-0.1, -0.05) is 207 Å². The van der Waals surface area contributed by atoms with Crippen LogP contribution in [0, 0.1) is 7.14 Å². The van der Waals surface area contributed by atoms with Gasteiger partial charge in [0.25, 0.3) is 0 Å². The van der Waals surface area contributed by atoms with E-state index >= 15 is 0 Å². The first-order chi connectivity index (χ1) is 33.4. The monoisotopic (exact) mass is 1160 g/mol. The van der Waals surface area contributed by atoms with Crippen LogP contribution < -0.4 is 29.8 Å². The van der Waals surface area contributed by atoms with Crippen LogP contribution in [-0.2, 0) is 0 Å². The Bertz CT molecular complexity index is 2150. The third-order valence-corrected chi connectivity index (χ3v) is 16.2. The van der Waals surface area contributed by atoms with Gasteiger partial charge >= 0.3 is 0 Å². The fourth-order valence-electron chi connectivity index (χ4n) is 9.92. The van der Waals surface area contributed by atoms with Gasteiger partial charge in [0.1, 0.15) is 0 Å². The van der Waals surface area contributed by atoms with Crippen LogP contribution in [0.25, 0.3) is 43.1 Å². The molecule has 0 unspecified atom stereocenters. The largest absolute Gasteiger partial charge is 0.490 e. The molecule has 0 saturated heterocycles. The van der Waals surface area contributed by atoms with Crippen LogP contribution in [0.4, 0.5) is 0 Å². The summed E-state index contributed by atoms with van der Waals surface area (Å²) in [5, 5.41) is 5.89. The van der Waals surface area contributed by atoms with Gasteiger partial charge in [-0.2, -0.15) is 0 Å². The molecule has 0 heterocycles. The van der Waals surface area contributed by atoms with Crippen LogP contribution in [0.2, 0.25) is 0 Å². The third kappa shape index (κ3) is 16.9. The van der Waals surface area contributed by atoms with Gasteiger partial charge in [0.15, 0.2) is 33.9 Å². The maximum atomic E-state index is 14.7. The SMILES string of the molecule is CCCCCCCCCCOc1cc2c(=O)c3c(I)c4c(c(I)c3c2cc1OCCCCCCCCCC)c(=O)c1cc(OCCCCCCCCCC)c(OCCCCCCCCCC)cc14. The van der Waals surface area contributed by atoms with E-state index in [4.69, 9.17) is 18.9 Å². The molecule has 0 aliphatic rings. The molecule has 5 aromatic carbocycles. The minimum atomic E-state index is -0.0240. The van der Waals surface area contributed by atoms with Gasteiger partial charge in [0.2, 0.25) is 0 Å². The zero-order chi connectivity index (χ0) is 48.4. The summed E-state index contributed by atoms with van der Waals surface area (Å²) in [4.78, 5) is 29.4. The van der Waals surface area contributed by atoms with Crippen molar-refractivity contribution in [3.63, 3.8) is 0 Å². The molecular weight excluding hydrogens is 1070 g/mol. The van der Waals surface area contributed by atoms with Gasteiger partial charge in [0.05, 0.1) is 26.4 Å². The second-order valence-electron chi connectivity index (χ2n) is 19.8. The van der Waals surface area contributed by atoms with Crippen LogP contribution in [0.1, 0.15) is 233 Å². The molecule has 0 saturated carbocycles. The maximum absolute atomic E-state index is 14.7. The molecule has 6 nitrogen and oxygen atoms in total. The number of halogens is 2. The summed E-state index contributed by atoms with van der Waals surface area (Å²) in [5.41, 5.74) is -0.0481. The Morgan fingerprint density at radius 3 is 0.735 bits per heavy atom. The molecule has 378 valence electrons. The molecule has 0 aliphatic heterocycles. The molecule has 68 heavy (non-hydrogen) atoms. The Kier molecular flexibility index (Phi) is 27.1. The van der Waals surface area contributed by atoms with Gasteiger partial charge in [-0.3, -0.25) is 9.59 Å². The van der Waals surface area contributed by atoms with E-state index in [0.29, 0.717) is 71.0 Å². The minimum absolute atomic E-state index is 0.0240. The average molecular weight is 1160 g/mol. The lowest BCUT2D eigenvalue weighted by Crippen LogP contribution is -2.04. The van der Waals surface area contributed by atoms with E-state index in [1.165, 1.54) is 154 Å². The zero-order valence-corrected chi connectivity index (χ0v) is 47.3. The predicted molar refractivity (Wildman–Crippen MR) is 309 cm³/mol. The number of ether oxygens (including phenoxy) is 4. The molecular formula is C60H88I2O6. The van der Waals surface area contributed by atoms with Crippen molar-refractivity contribution < 1.29 is 18.9 Å². The van der Waals surface area contributed by atoms with Crippen molar-refractivity contribution in [2.24, 2.45) is 0 Å². The van der Waals surface area contributed by atoms with Crippen LogP contribution in [0.5, 0.6) is 23.0 Å². The normalized spacial score (nSPS) is 11.9. The highest BCUT2D eigenvalue weighted by Crippen LogP contribution is 2.45. The van der Waals surface area contributed by atoms with Crippen molar-refractivity contribution in [1.82, 2.24) is 0 Å². The lowest BCUT2D eigenvalue weighted by molar-refractivity contribution is 0.259. The summed E-state index contributed by atoms with van der Waals surface area (Å²) < 4.78 is 27.7. The summed E-state index contributed by atoms with van der Waals surface area (Å²) in [6.07, 6.45) is 39.3. The lowest BCUT2D eigenvalue weighted by Gasteiger charge is -2.14. The first-order valence-corrected chi connectivity index (χ1v) is 30.1. The van der Waals surface area contributed by atoms with Crippen molar-refractivity contribution in [3.8, 4) is 23.0 Å². The molecule has 0 N–H and O–H groups in total. The number of hydrogen-bond donors (Lipinski definition) is 0. The van der Waals surface area contributed by atoms with E-state index in [-0.39, 0.29) is 10.9 Å². The highest BCUT2D eigenvalue weighted by molar-refractivity contribution is 14.1. The van der Waals surface area contributed by atoms with Crippen molar-refractivity contribution in [2.45, 2.75) is 233 Å². The predicted octanol–water partition coefficient (Wildman–Crippen LogP) is 19.2. The maximum Gasteiger partial charge on any atom is 0.195 e. The van der Waals surface area contributed by atoms with Crippen molar-refractivity contribution in [1.29, 1.82) is 0 Å². The molecule has 0 aromatic heterocycles. The van der Waals surface area contributed by atoms with E-state index in [1.807, 2.05) is 24.3 Å². The Hall–Kier alpha value is -2.34. The van der Waals surface area contributed by atoms with Gasteiger partial charge in [-0.15, -0.1) is 0 Å². The fraction of sp³-hybridized carbons (Fsp3) is 0.667. The summed E-state index contributed by atoms with van der Waals surface area (Å²) >= 11 is 4.66. The molecule has 5 rings (SSSR count). The summed E-state index contributed by atoms with van der Waals surface area (Å²) in [6, 6.07) is 7.90. The molecule has 0 spiro atoms. The van der Waals surface area contributed by atoms with E-state index in [0.717, 1.165) is 80.1 Å². The highest BCUT2D eigenvalue weighted by atomic mass is 127. The first kappa shape index (κ1) is 56.6. The van der Waals surface area contributed by atoms with Gasteiger partial charge < -0.3 is 18.9 Å². The Labute approximate surface area is 438 Å². The average Bonchev–Trinajstić information content (AvgIpc) is 3.80. The quantitative estimate of drug-likeness (QED) is 0.0287. The van der Waals surface area contributed by atoms with E-state index in [2.05, 4.69) is 72.9 Å². The molecule has 8 heteroatoms. The van der Waals surface area contributed by atoms with E-state index < -0.39 is 0 Å². The minimum Gasteiger partial charge on any atom is -0.490 e. The zero-order valence-electron chi connectivity index (χ0n) is 43.0. The van der Waals surface area contributed by atoms with Crippen molar-refractivity contribution in [2.75, 3.05) is 26.4 Å². The summed E-state index contributed by atoms with van der Waals surface area (Å²) in [6.45, 7) is 11.4. The van der Waals surface area contributed by atoms with E-state index in [1.54, 1.807) is 0 Å². The Morgan fingerprint density at radius 2 is 0.500 bits per heavy atom. The smallest absolute Gasteiger partial charge is 0.195 e. The molecule has 0 amide bonds. The standard InChI is InChI=1S/C60H88I2O6/c1-5-9-13-17-21-25-29-33-37-65-49-41-45-47(43-51(49)67-39-35-31-27-23-19-15-11-7-3)59(63)55-53(45)57(61)56-54(58(55)62)46-42-50(66-38-34-30-26-22-18-14-10-6-2)52(44-48(46)60(56)64)68-40-36-32-28-24-20-16-12-8-4/h41-44H,5-40H2,1-4H3. The molecule has 0 atom stereocenters. The highest BCUT2D eigenvalue weighted by Gasteiger charge is 2.27. The number of benzene rings is 3. The number of unbranched alkanes of at least 4 members (excludes halogenated alkanes) is 28. The number of fused-ring (bicyclic) bond motifs is 6. The molecule has 0 aliphatic carbocycles. The van der Waals surface area contributed by atoms with Crippen molar-refractivity contribution in [3.05, 3.63) is 51.9 Å². The molecule has 5 aromatic rings. The van der Waals surface area contributed by atoms with Crippen LogP contribution in [0.3, 0.4) is 0 Å². The van der Waals surface area contributed by atoms with E-state index in [9.17, 15) is 9.59 Å². The summed E-state index contributed by atoms with van der Waals surface area (Å²) in [7, 11) is 0. The van der Waals surface area contributed by atoms with Crippen LogP contribution in [-0.4, -0.2) is 26.4 Å². The second-order valence-corrected chi connectivity index (χ2v) is 21.9. The topological polar surface area (TPSA) is 71.1 Å². The second kappa shape index (κ2) is 32.6. The van der Waals surface area contributed by atoms with Crippen LogP contribution in [0.15, 0.2) is 33.9 Å². The van der Waals surface area contributed by atoms with Crippen molar-refractivity contribution >= 4 is 88.3 Å². The number of rotatable bonds is 40. The van der Waals surface area contributed by atoms with Crippen LogP contribution >= 0.6 is 45.2 Å². The van der Waals surface area contributed by atoms with Gasteiger partial charge in [-0.25, -0.2) is 0 Å². The lowest BCUT2D eigenvalue weighted by atomic mass is 10.1. The molecule has 0 radical (unpaired) electrons. The summed E-state index contributed by atoms with van der Waals surface area (Å²) in [5.74, 6) is 2.65. The fourth-order valence-corrected chi connectivity index (χ4v) is 12.1. The Morgan fingerprint density at radius 1 is 0.294 bits per heavy atom. The van der Waals surface area contributed by atoms with Gasteiger partial charge in [0, 0.05) is 39.5 Å². The Balaban J connectivity index is 1.44. The van der Waals surface area contributed by atoms with Gasteiger partial charge in [-0.05, 0) is 106 Å². The third-order valence-electron chi connectivity index (χ3n) is 14.0. The molecule has 0 bridgehead atoms. The molecule has 0 fully saturated rings.